The van der Waals surface area contributed by atoms with Crippen LogP contribution in [0.3, 0.4) is 0 Å². The molecule has 15 heavy (non-hydrogen) atoms. The van der Waals surface area contributed by atoms with Crippen LogP contribution in [0.2, 0.25) is 0 Å². The molecule has 1 amide bonds. The van der Waals surface area contributed by atoms with Crippen LogP contribution in [0, 0.1) is 0 Å². The van der Waals surface area contributed by atoms with Crippen LogP contribution in [0.5, 0.6) is 0 Å². The molecule has 0 aliphatic carbocycles. The van der Waals surface area contributed by atoms with E-state index >= 15 is 0 Å². The van der Waals surface area contributed by atoms with Crippen molar-refractivity contribution in [2.75, 3.05) is 19.0 Å². The van der Waals surface area contributed by atoms with Crippen LogP contribution < -0.4 is 5.32 Å². The Morgan fingerprint density at radius 2 is 1.80 bits per heavy atom. The van der Waals surface area contributed by atoms with Crippen molar-refractivity contribution in [3.05, 3.63) is 0 Å². The lowest BCUT2D eigenvalue weighted by Gasteiger charge is -2.30. The second-order valence-corrected chi connectivity index (χ2v) is 4.59. The first kappa shape index (κ1) is 14.7. The summed E-state index contributed by atoms with van der Waals surface area (Å²) in [5.41, 5.74) is 0. The smallest absolute Gasteiger partial charge is 0.221 e. The highest BCUT2D eigenvalue weighted by molar-refractivity contribution is 6.18. The van der Waals surface area contributed by atoms with E-state index < -0.39 is 0 Å². The molecule has 90 valence electrons. The summed E-state index contributed by atoms with van der Waals surface area (Å²) in [5, 5.41) is 2.86. The Bertz CT molecular complexity index is 175. The zero-order valence-corrected chi connectivity index (χ0v) is 11.0. The molecule has 0 spiro atoms. The van der Waals surface area contributed by atoms with E-state index in [4.69, 9.17) is 11.6 Å². The van der Waals surface area contributed by atoms with Crippen LogP contribution >= 0.6 is 11.6 Å². The monoisotopic (exact) mass is 234 g/mol. The van der Waals surface area contributed by atoms with E-state index in [1.54, 1.807) is 0 Å². The van der Waals surface area contributed by atoms with Crippen LogP contribution in [0.15, 0.2) is 0 Å². The summed E-state index contributed by atoms with van der Waals surface area (Å²) >= 11 is 5.47. The van der Waals surface area contributed by atoms with Gasteiger partial charge in [-0.25, -0.2) is 0 Å². The molecule has 0 aromatic heterocycles. The lowest BCUT2D eigenvalue weighted by atomic mass is 10.2. The van der Waals surface area contributed by atoms with Crippen molar-refractivity contribution in [3.8, 4) is 0 Å². The number of carbonyl (C=O) groups excluding carboxylic acids is 1. The number of alkyl halides is 1. The van der Waals surface area contributed by atoms with Crippen molar-refractivity contribution in [3.63, 3.8) is 0 Å². The number of carbonyl (C=O) groups is 1. The van der Waals surface area contributed by atoms with Crippen LogP contribution in [0.1, 0.15) is 34.1 Å². The Balaban J connectivity index is 3.76. The minimum Gasteiger partial charge on any atom is -0.355 e. The predicted molar refractivity (Wildman–Crippen MR) is 65.3 cm³/mol. The molecular formula is C11H23ClN2O. The molecule has 0 aromatic carbocycles. The lowest BCUT2D eigenvalue weighted by molar-refractivity contribution is -0.120. The molecular weight excluding hydrogens is 212 g/mol. The van der Waals surface area contributed by atoms with E-state index in [9.17, 15) is 4.79 Å². The average molecular weight is 235 g/mol. The summed E-state index contributed by atoms with van der Waals surface area (Å²) in [5.74, 6) is 0.432. The molecule has 0 aliphatic rings. The van der Waals surface area contributed by atoms with Gasteiger partial charge in [0.2, 0.25) is 5.91 Å². The molecule has 0 aromatic rings. The number of rotatable bonds is 7. The molecule has 3 nitrogen and oxygen atoms in total. The molecule has 0 radical (unpaired) electrons. The number of hydrogen-bond acceptors (Lipinski definition) is 2. The Morgan fingerprint density at radius 3 is 2.20 bits per heavy atom. The molecule has 0 atom stereocenters. The Kier molecular flexibility index (Phi) is 7.79. The van der Waals surface area contributed by atoms with Gasteiger partial charge in [-0.2, -0.15) is 0 Å². The molecule has 0 fully saturated rings. The first-order chi connectivity index (χ1) is 6.99. The van der Waals surface area contributed by atoms with E-state index in [0.717, 1.165) is 6.54 Å². The molecule has 0 rings (SSSR count). The summed E-state index contributed by atoms with van der Waals surface area (Å²) in [4.78, 5) is 13.5. The van der Waals surface area contributed by atoms with Crippen molar-refractivity contribution in [1.29, 1.82) is 0 Å². The van der Waals surface area contributed by atoms with E-state index in [1.807, 2.05) is 0 Å². The molecule has 1 N–H and O–H groups in total. The molecule has 0 aliphatic heterocycles. The van der Waals surface area contributed by atoms with Gasteiger partial charge in [-0.1, -0.05) is 0 Å². The SMILES string of the molecule is CC(C)N(CCNC(=O)CCCl)C(C)C. The Morgan fingerprint density at radius 1 is 1.27 bits per heavy atom. The highest BCUT2D eigenvalue weighted by atomic mass is 35.5. The first-order valence-electron chi connectivity index (χ1n) is 5.57. The normalized spacial score (nSPS) is 11.5. The van der Waals surface area contributed by atoms with Crippen molar-refractivity contribution in [2.24, 2.45) is 0 Å². The van der Waals surface area contributed by atoms with Crippen LogP contribution in [-0.2, 0) is 4.79 Å². The maximum atomic E-state index is 11.2. The standard InChI is InChI=1S/C11H23ClN2O/c1-9(2)14(10(3)4)8-7-13-11(15)5-6-12/h9-10H,5-8H2,1-4H3,(H,13,15). The van der Waals surface area contributed by atoms with Crippen molar-refractivity contribution in [2.45, 2.75) is 46.2 Å². The van der Waals surface area contributed by atoms with Gasteiger partial charge in [-0.3, -0.25) is 9.69 Å². The van der Waals surface area contributed by atoms with Gasteiger partial charge in [0.15, 0.2) is 0 Å². The first-order valence-corrected chi connectivity index (χ1v) is 6.11. The predicted octanol–water partition coefficient (Wildman–Crippen LogP) is 1.85. The third-order valence-electron chi connectivity index (χ3n) is 2.34. The fraction of sp³-hybridized carbons (Fsp3) is 0.909. The summed E-state index contributed by atoms with van der Waals surface area (Å²) in [7, 11) is 0. The summed E-state index contributed by atoms with van der Waals surface area (Å²) in [6, 6.07) is 1.02. The second-order valence-electron chi connectivity index (χ2n) is 4.21. The maximum absolute atomic E-state index is 11.2. The van der Waals surface area contributed by atoms with Gasteiger partial charge in [0.1, 0.15) is 0 Å². The van der Waals surface area contributed by atoms with Crippen LogP contribution in [0.25, 0.3) is 0 Å². The Labute approximate surface area is 98.2 Å². The van der Waals surface area contributed by atoms with E-state index in [1.165, 1.54) is 0 Å². The van der Waals surface area contributed by atoms with E-state index in [-0.39, 0.29) is 5.91 Å². The lowest BCUT2D eigenvalue weighted by Crippen LogP contribution is -2.42. The molecule has 0 bridgehead atoms. The van der Waals surface area contributed by atoms with Gasteiger partial charge in [-0.05, 0) is 27.7 Å². The number of amides is 1. The van der Waals surface area contributed by atoms with Gasteiger partial charge in [0.25, 0.3) is 0 Å². The Hall–Kier alpha value is -0.280. The second kappa shape index (κ2) is 7.94. The molecule has 4 heteroatoms. The van der Waals surface area contributed by atoms with Gasteiger partial charge in [-0.15, -0.1) is 11.6 Å². The number of nitrogens with zero attached hydrogens (tertiary/aromatic N) is 1. The van der Waals surface area contributed by atoms with Gasteiger partial charge < -0.3 is 5.32 Å². The number of nitrogens with one attached hydrogen (secondary N) is 1. The highest BCUT2D eigenvalue weighted by Gasteiger charge is 2.12. The van der Waals surface area contributed by atoms with E-state index in [2.05, 4.69) is 37.9 Å². The minimum absolute atomic E-state index is 0.0393. The minimum atomic E-state index is 0.0393. The molecule has 0 heterocycles. The fourth-order valence-corrected chi connectivity index (χ4v) is 1.78. The quantitative estimate of drug-likeness (QED) is 0.682. The third kappa shape index (κ3) is 6.74. The zero-order valence-electron chi connectivity index (χ0n) is 10.2. The van der Waals surface area contributed by atoms with Gasteiger partial charge in [0, 0.05) is 37.5 Å². The van der Waals surface area contributed by atoms with Gasteiger partial charge >= 0.3 is 0 Å². The number of halogens is 1. The molecule has 0 unspecified atom stereocenters. The topological polar surface area (TPSA) is 32.3 Å². The van der Waals surface area contributed by atoms with Crippen molar-refractivity contribution < 1.29 is 4.79 Å². The zero-order chi connectivity index (χ0) is 11.8. The number of hydrogen-bond donors (Lipinski definition) is 1. The molecule has 0 saturated heterocycles. The van der Waals surface area contributed by atoms with Gasteiger partial charge in [0.05, 0.1) is 0 Å². The summed E-state index contributed by atoms with van der Waals surface area (Å²) in [6.45, 7) is 10.3. The van der Waals surface area contributed by atoms with Crippen molar-refractivity contribution >= 4 is 17.5 Å². The van der Waals surface area contributed by atoms with Crippen molar-refractivity contribution in [1.82, 2.24) is 10.2 Å². The van der Waals surface area contributed by atoms with E-state index in [0.29, 0.717) is 30.9 Å². The summed E-state index contributed by atoms with van der Waals surface area (Å²) in [6.07, 6.45) is 0.408. The average Bonchev–Trinajstić information content (AvgIpc) is 2.11. The maximum Gasteiger partial charge on any atom is 0.221 e. The fourth-order valence-electron chi connectivity index (χ4n) is 1.61. The van der Waals surface area contributed by atoms with Crippen LogP contribution in [-0.4, -0.2) is 41.9 Å². The van der Waals surface area contributed by atoms with Crippen LogP contribution in [0.4, 0.5) is 0 Å². The molecule has 0 saturated carbocycles. The largest absolute Gasteiger partial charge is 0.355 e. The summed E-state index contributed by atoms with van der Waals surface area (Å²) < 4.78 is 0. The highest BCUT2D eigenvalue weighted by Crippen LogP contribution is 2.03. The third-order valence-corrected chi connectivity index (χ3v) is 2.53.